The van der Waals surface area contributed by atoms with Crippen LogP contribution in [0.3, 0.4) is 0 Å². The minimum atomic E-state index is 0.752. The van der Waals surface area contributed by atoms with Gasteiger partial charge in [0.1, 0.15) is 0 Å². The van der Waals surface area contributed by atoms with E-state index in [0.29, 0.717) is 0 Å². The van der Waals surface area contributed by atoms with E-state index in [4.69, 9.17) is 13.7 Å². The fraction of sp³-hybridized carbons (Fsp3) is 1.00. The van der Waals surface area contributed by atoms with E-state index in [1.165, 1.54) is 25.7 Å². The quantitative estimate of drug-likeness (QED) is 0.575. The molecular formula is C8H17BN2. The number of hydrogen-bond donors (Lipinski definition) is 2. The monoisotopic (exact) mass is 152 g/mol. The van der Waals surface area contributed by atoms with Gasteiger partial charge in [0.15, 0.2) is 7.98 Å². The van der Waals surface area contributed by atoms with Crippen LogP contribution in [-0.4, -0.2) is 21.1 Å². The van der Waals surface area contributed by atoms with Crippen LogP contribution in [0.5, 0.6) is 0 Å². The van der Waals surface area contributed by atoms with Crippen LogP contribution < -0.4 is 11.0 Å². The summed E-state index contributed by atoms with van der Waals surface area (Å²) in [5.74, 6) is 1.52. The van der Waals surface area contributed by atoms with Gasteiger partial charge in [-0.2, -0.15) is 0 Å². The largest absolute Gasteiger partial charge is 0.366 e. The van der Waals surface area contributed by atoms with Crippen LogP contribution in [-0.2, 0) is 0 Å². The van der Waals surface area contributed by atoms with E-state index in [2.05, 4.69) is 5.23 Å². The molecule has 0 aromatic rings. The van der Waals surface area contributed by atoms with Crippen molar-refractivity contribution in [3.8, 4) is 0 Å². The van der Waals surface area contributed by atoms with E-state index >= 15 is 0 Å². The SMILES string of the molecule is [B]NCC1CCCC(CN)C1. The molecule has 0 bridgehead atoms. The third-order valence-electron chi connectivity index (χ3n) is 2.63. The molecule has 3 N–H and O–H groups in total. The predicted octanol–water partition coefficient (Wildman–Crippen LogP) is 0.425. The van der Waals surface area contributed by atoms with Gasteiger partial charge in [0, 0.05) is 0 Å². The maximum atomic E-state index is 5.61. The molecule has 0 amide bonds. The fourth-order valence-electron chi connectivity index (χ4n) is 1.97. The zero-order valence-electron chi connectivity index (χ0n) is 7.05. The highest BCUT2D eigenvalue weighted by Crippen LogP contribution is 2.27. The van der Waals surface area contributed by atoms with Crippen molar-refractivity contribution in [2.75, 3.05) is 13.1 Å². The Morgan fingerprint density at radius 1 is 1.36 bits per heavy atom. The van der Waals surface area contributed by atoms with Gasteiger partial charge in [-0.05, 0) is 44.2 Å². The average molecular weight is 152 g/mol. The zero-order valence-corrected chi connectivity index (χ0v) is 7.05. The van der Waals surface area contributed by atoms with E-state index in [-0.39, 0.29) is 0 Å². The molecule has 1 rings (SSSR count). The molecule has 1 aliphatic carbocycles. The summed E-state index contributed by atoms with van der Waals surface area (Å²) in [5, 5.41) is 2.74. The van der Waals surface area contributed by atoms with Gasteiger partial charge >= 0.3 is 0 Å². The highest BCUT2D eigenvalue weighted by atomic mass is 14.7. The smallest absolute Gasteiger partial charge is 0.177 e. The molecule has 11 heavy (non-hydrogen) atoms. The number of nitrogens with one attached hydrogen (secondary N) is 1. The third kappa shape index (κ3) is 2.84. The van der Waals surface area contributed by atoms with Crippen molar-refractivity contribution in [3.63, 3.8) is 0 Å². The van der Waals surface area contributed by atoms with Crippen molar-refractivity contribution in [3.05, 3.63) is 0 Å². The molecule has 62 valence electrons. The Morgan fingerprint density at radius 3 is 2.73 bits per heavy atom. The second-order valence-corrected chi connectivity index (χ2v) is 3.54. The van der Waals surface area contributed by atoms with Crippen LogP contribution in [0.2, 0.25) is 0 Å². The lowest BCUT2D eigenvalue weighted by Gasteiger charge is -2.28. The Balaban J connectivity index is 2.21. The molecule has 2 radical (unpaired) electrons. The minimum Gasteiger partial charge on any atom is -0.366 e. The van der Waals surface area contributed by atoms with Gasteiger partial charge in [-0.25, -0.2) is 0 Å². The molecule has 1 saturated carbocycles. The molecule has 0 aliphatic heterocycles. The van der Waals surface area contributed by atoms with Crippen molar-refractivity contribution in [2.24, 2.45) is 17.6 Å². The minimum absolute atomic E-state index is 0.752. The molecule has 0 saturated heterocycles. The van der Waals surface area contributed by atoms with E-state index < -0.39 is 0 Å². The molecule has 1 aliphatic rings. The van der Waals surface area contributed by atoms with E-state index in [0.717, 1.165) is 24.9 Å². The molecule has 1 fully saturated rings. The summed E-state index contributed by atoms with van der Waals surface area (Å²) in [4.78, 5) is 0. The summed E-state index contributed by atoms with van der Waals surface area (Å²) in [6, 6.07) is 0. The van der Waals surface area contributed by atoms with Crippen LogP contribution in [0, 0.1) is 11.8 Å². The van der Waals surface area contributed by atoms with Gasteiger partial charge in [-0.3, -0.25) is 0 Å². The zero-order chi connectivity index (χ0) is 8.10. The summed E-state index contributed by atoms with van der Waals surface area (Å²) < 4.78 is 0. The first-order valence-electron chi connectivity index (χ1n) is 4.50. The van der Waals surface area contributed by atoms with Gasteiger partial charge in [0.25, 0.3) is 0 Å². The molecule has 2 atom stereocenters. The molecule has 2 nitrogen and oxygen atoms in total. The van der Waals surface area contributed by atoms with Gasteiger partial charge in [-0.15, -0.1) is 0 Å². The fourth-order valence-corrected chi connectivity index (χ4v) is 1.97. The third-order valence-corrected chi connectivity index (χ3v) is 2.63. The molecule has 3 heteroatoms. The first-order chi connectivity index (χ1) is 5.36. The van der Waals surface area contributed by atoms with Crippen LogP contribution >= 0.6 is 0 Å². The summed E-state index contributed by atoms with van der Waals surface area (Å²) in [7, 11) is 5.27. The lowest BCUT2D eigenvalue weighted by atomic mass is 9.81. The second-order valence-electron chi connectivity index (χ2n) is 3.54. The Morgan fingerprint density at radius 2 is 2.09 bits per heavy atom. The summed E-state index contributed by atoms with van der Waals surface area (Å²) in [5.41, 5.74) is 5.61. The Hall–Kier alpha value is -0.0151. The number of rotatable bonds is 3. The van der Waals surface area contributed by atoms with Crippen molar-refractivity contribution in [2.45, 2.75) is 25.7 Å². The Kier molecular flexibility index (Phi) is 3.94. The summed E-state index contributed by atoms with van der Waals surface area (Å²) in [6.45, 7) is 1.80. The second kappa shape index (κ2) is 4.78. The van der Waals surface area contributed by atoms with Gasteiger partial charge in [0.05, 0.1) is 0 Å². The molecule has 2 unspecified atom stereocenters. The number of nitrogens with two attached hydrogens (primary N) is 1. The maximum Gasteiger partial charge on any atom is 0.177 e. The van der Waals surface area contributed by atoms with Crippen molar-refractivity contribution < 1.29 is 0 Å². The molecule has 0 aromatic heterocycles. The standard InChI is InChI=1S/C8H17BN2/c9-11-6-8-3-1-2-7(4-8)5-10/h7-8,11H,1-6,10H2. The van der Waals surface area contributed by atoms with Crippen molar-refractivity contribution in [1.29, 1.82) is 0 Å². The van der Waals surface area contributed by atoms with Crippen molar-refractivity contribution in [1.82, 2.24) is 5.23 Å². The molecule has 0 heterocycles. The average Bonchev–Trinajstić information content (AvgIpc) is 2.06. The first-order valence-corrected chi connectivity index (χ1v) is 4.50. The van der Waals surface area contributed by atoms with Gasteiger partial charge in [0.2, 0.25) is 0 Å². The van der Waals surface area contributed by atoms with Crippen LogP contribution in [0.4, 0.5) is 0 Å². The van der Waals surface area contributed by atoms with Crippen molar-refractivity contribution >= 4 is 7.98 Å². The Bertz CT molecular complexity index is 106. The van der Waals surface area contributed by atoms with E-state index in [9.17, 15) is 0 Å². The normalized spacial score (nSPS) is 32.1. The molecule has 0 spiro atoms. The first kappa shape index (κ1) is 9.08. The highest BCUT2D eigenvalue weighted by Gasteiger charge is 2.19. The van der Waals surface area contributed by atoms with E-state index in [1.54, 1.807) is 0 Å². The molecular weight excluding hydrogens is 135 g/mol. The lowest BCUT2D eigenvalue weighted by Crippen LogP contribution is -2.28. The van der Waals surface area contributed by atoms with Gasteiger partial charge in [-0.1, -0.05) is 6.42 Å². The molecule has 0 aromatic carbocycles. The maximum absolute atomic E-state index is 5.61. The van der Waals surface area contributed by atoms with Crippen LogP contribution in [0.25, 0.3) is 0 Å². The summed E-state index contributed by atoms with van der Waals surface area (Å²) in [6.07, 6.45) is 5.23. The van der Waals surface area contributed by atoms with Gasteiger partial charge < -0.3 is 11.0 Å². The Labute approximate surface area is 70.4 Å². The highest BCUT2D eigenvalue weighted by molar-refractivity contribution is 6.04. The summed E-state index contributed by atoms with van der Waals surface area (Å²) >= 11 is 0. The van der Waals surface area contributed by atoms with Crippen LogP contribution in [0.1, 0.15) is 25.7 Å². The predicted molar refractivity (Wildman–Crippen MR) is 48.3 cm³/mol. The van der Waals surface area contributed by atoms with Crippen LogP contribution in [0.15, 0.2) is 0 Å². The lowest BCUT2D eigenvalue weighted by molar-refractivity contribution is 0.273. The number of hydrogen-bond acceptors (Lipinski definition) is 2. The topological polar surface area (TPSA) is 38.0 Å². The van der Waals surface area contributed by atoms with E-state index in [1.807, 2.05) is 0 Å².